The van der Waals surface area contributed by atoms with E-state index in [4.69, 9.17) is 4.99 Å². The molecule has 0 spiro atoms. The molecule has 0 N–H and O–H groups in total. The van der Waals surface area contributed by atoms with Crippen LogP contribution in [0.3, 0.4) is 0 Å². The molecule has 0 bridgehead atoms. The molecule has 2 aromatic carbocycles. The molecule has 2 aliphatic carbocycles. The number of fused-ring (bicyclic) bond motifs is 1. The van der Waals surface area contributed by atoms with E-state index in [1.54, 1.807) is 11.8 Å². The third-order valence-corrected chi connectivity index (χ3v) is 8.05. The summed E-state index contributed by atoms with van der Waals surface area (Å²) in [6.07, 6.45) is 11.9. The summed E-state index contributed by atoms with van der Waals surface area (Å²) in [5.41, 5.74) is 0.998. The van der Waals surface area contributed by atoms with Gasteiger partial charge >= 0.3 is 0 Å². The van der Waals surface area contributed by atoms with Gasteiger partial charge in [0.2, 0.25) is 0 Å². The second kappa shape index (κ2) is 10.5. The predicted octanol–water partition coefficient (Wildman–Crippen LogP) is 8.25. The Kier molecular flexibility index (Phi) is 7.50. The number of para-hydroxylation sites is 1. The maximum atomic E-state index is 13.1. The largest absolute Gasteiger partial charge is 0.242 e. The number of nitrogens with zero attached hydrogens (tertiary/aromatic N) is 1. The Hall–Kier alpha value is -1.52. The van der Waals surface area contributed by atoms with Crippen molar-refractivity contribution >= 4 is 34.3 Å². The molecule has 2 aromatic rings. The lowest BCUT2D eigenvalue weighted by Gasteiger charge is -2.39. The number of aliphatic imine (C=N–C) groups is 1. The van der Waals surface area contributed by atoms with E-state index in [9.17, 15) is 4.39 Å². The summed E-state index contributed by atoms with van der Waals surface area (Å²) in [5, 5.41) is 3.82. The Morgan fingerprint density at radius 3 is 2.45 bits per heavy atom. The molecule has 3 atom stereocenters. The van der Waals surface area contributed by atoms with Crippen LogP contribution in [0.25, 0.3) is 0 Å². The topological polar surface area (TPSA) is 12.4 Å². The van der Waals surface area contributed by atoms with E-state index in [0.29, 0.717) is 5.25 Å². The van der Waals surface area contributed by atoms with Gasteiger partial charge in [-0.05, 0) is 79.0 Å². The highest BCUT2D eigenvalue weighted by Crippen LogP contribution is 2.44. The number of benzene rings is 2. The van der Waals surface area contributed by atoms with Crippen LogP contribution >= 0.6 is 23.5 Å². The van der Waals surface area contributed by atoms with Crippen LogP contribution in [0.15, 0.2) is 76.0 Å². The summed E-state index contributed by atoms with van der Waals surface area (Å²) in [4.78, 5) is 5.96. The zero-order valence-corrected chi connectivity index (χ0v) is 18.3. The Balaban J connectivity index is 1.44. The van der Waals surface area contributed by atoms with Crippen molar-refractivity contribution in [3.05, 3.63) is 71.9 Å². The van der Waals surface area contributed by atoms with Gasteiger partial charge in [0.25, 0.3) is 0 Å². The summed E-state index contributed by atoms with van der Waals surface area (Å²) in [6, 6.07) is 16.8. The van der Waals surface area contributed by atoms with E-state index >= 15 is 0 Å². The molecule has 4 heteroatoms. The van der Waals surface area contributed by atoms with Crippen molar-refractivity contribution in [2.45, 2.75) is 55.1 Å². The first-order chi connectivity index (χ1) is 14.3. The lowest BCUT2D eigenvalue weighted by atomic mass is 9.71. The number of hydrogen-bond acceptors (Lipinski definition) is 3. The molecular weight excluding hydrogens is 397 g/mol. The van der Waals surface area contributed by atoms with Gasteiger partial charge in [0, 0.05) is 10.1 Å². The van der Waals surface area contributed by atoms with Crippen LogP contribution < -0.4 is 0 Å². The van der Waals surface area contributed by atoms with Crippen LogP contribution in [0.4, 0.5) is 10.1 Å². The van der Waals surface area contributed by atoms with Crippen LogP contribution in [-0.2, 0) is 0 Å². The van der Waals surface area contributed by atoms with Gasteiger partial charge in [0.1, 0.15) is 5.82 Å². The molecule has 0 aromatic heterocycles. The van der Waals surface area contributed by atoms with Gasteiger partial charge < -0.3 is 0 Å². The molecule has 4 rings (SSSR count). The highest BCUT2D eigenvalue weighted by molar-refractivity contribution is 8.15. The minimum atomic E-state index is -0.196. The lowest BCUT2D eigenvalue weighted by molar-refractivity contribution is 0.175. The second-order valence-corrected chi connectivity index (χ2v) is 10.3. The summed E-state index contributed by atoms with van der Waals surface area (Å²) >= 11 is 3.55. The van der Waals surface area contributed by atoms with Gasteiger partial charge in [-0.1, -0.05) is 55.6 Å². The number of thioether (sulfide) groups is 2. The molecule has 0 aliphatic heterocycles. The maximum absolute atomic E-state index is 13.1. The van der Waals surface area contributed by atoms with Crippen LogP contribution in [0.5, 0.6) is 0 Å². The smallest absolute Gasteiger partial charge is 0.123 e. The molecule has 29 heavy (non-hydrogen) atoms. The highest BCUT2D eigenvalue weighted by atomic mass is 32.2. The average Bonchev–Trinajstić information content (AvgIpc) is 2.76. The maximum Gasteiger partial charge on any atom is 0.123 e. The molecule has 0 amide bonds. The number of halogens is 1. The average molecular weight is 426 g/mol. The Morgan fingerprint density at radius 2 is 1.66 bits per heavy atom. The fourth-order valence-electron chi connectivity index (χ4n) is 4.52. The van der Waals surface area contributed by atoms with Gasteiger partial charge in [0.05, 0.1) is 10.7 Å². The standard InChI is InChI=1S/C25H28FNS2/c26-21-11-14-23(15-12-21)28-17-16-25(27-22-8-2-1-3-9-22)29-24-13-10-19-6-4-5-7-20(19)18-24/h1-3,8-9,11-12,14-17,19-20,24H,4-7,10,13,18H2. The van der Waals surface area contributed by atoms with Crippen LogP contribution in [0, 0.1) is 17.7 Å². The highest BCUT2D eigenvalue weighted by Gasteiger charge is 2.32. The zero-order valence-electron chi connectivity index (χ0n) is 16.7. The Morgan fingerprint density at radius 1 is 0.897 bits per heavy atom. The van der Waals surface area contributed by atoms with Crippen LogP contribution in [0.1, 0.15) is 44.9 Å². The van der Waals surface area contributed by atoms with Gasteiger partial charge in [-0.25, -0.2) is 9.38 Å². The SMILES string of the molecule is Fc1ccc(SC=CC(=Nc2ccccc2)SC2CCC3CCCCC3C2)cc1. The summed E-state index contributed by atoms with van der Waals surface area (Å²) in [5.74, 6) is 1.70. The normalized spacial score (nSPS) is 25.1. The predicted molar refractivity (Wildman–Crippen MR) is 126 cm³/mol. The number of hydrogen-bond donors (Lipinski definition) is 0. The molecular formula is C25H28FNS2. The van der Waals surface area contributed by atoms with Gasteiger partial charge in [-0.3, -0.25) is 0 Å². The van der Waals surface area contributed by atoms with Gasteiger partial charge in [-0.2, -0.15) is 0 Å². The van der Waals surface area contributed by atoms with E-state index in [1.165, 1.54) is 57.1 Å². The Labute approximate surface area is 182 Å². The first kappa shape index (κ1) is 20.7. The third kappa shape index (κ3) is 6.23. The molecule has 2 saturated carbocycles. The molecule has 0 saturated heterocycles. The minimum Gasteiger partial charge on any atom is -0.242 e. The van der Waals surface area contributed by atoms with Gasteiger partial charge in [-0.15, -0.1) is 11.8 Å². The fraction of sp³-hybridized carbons (Fsp3) is 0.400. The van der Waals surface area contributed by atoms with E-state index in [-0.39, 0.29) is 5.82 Å². The summed E-state index contributed by atoms with van der Waals surface area (Å²) in [6.45, 7) is 0. The quantitative estimate of drug-likeness (QED) is 0.271. The first-order valence-corrected chi connectivity index (χ1v) is 12.4. The molecule has 2 aliphatic rings. The van der Waals surface area contributed by atoms with E-state index in [0.717, 1.165) is 27.5 Å². The summed E-state index contributed by atoms with van der Waals surface area (Å²) < 4.78 is 13.1. The van der Waals surface area contributed by atoms with E-state index in [1.807, 2.05) is 42.1 Å². The Bertz CT molecular complexity index is 832. The second-order valence-electron chi connectivity index (χ2n) is 8.02. The summed E-state index contributed by atoms with van der Waals surface area (Å²) in [7, 11) is 0. The van der Waals surface area contributed by atoms with Crippen molar-refractivity contribution in [2.24, 2.45) is 16.8 Å². The molecule has 2 fully saturated rings. The van der Waals surface area contributed by atoms with E-state index < -0.39 is 0 Å². The number of rotatable bonds is 5. The zero-order chi connectivity index (χ0) is 19.9. The minimum absolute atomic E-state index is 0.196. The van der Waals surface area contributed by atoms with Crippen molar-refractivity contribution < 1.29 is 4.39 Å². The van der Waals surface area contributed by atoms with Crippen molar-refractivity contribution in [3.8, 4) is 0 Å². The first-order valence-electron chi connectivity index (χ1n) is 10.7. The van der Waals surface area contributed by atoms with Crippen molar-refractivity contribution in [1.29, 1.82) is 0 Å². The molecule has 0 radical (unpaired) electrons. The third-order valence-electron chi connectivity index (χ3n) is 6.00. The molecule has 1 nitrogen and oxygen atoms in total. The van der Waals surface area contributed by atoms with E-state index in [2.05, 4.69) is 23.6 Å². The van der Waals surface area contributed by atoms with Crippen molar-refractivity contribution in [2.75, 3.05) is 0 Å². The van der Waals surface area contributed by atoms with Crippen LogP contribution in [-0.4, -0.2) is 10.3 Å². The molecule has 3 unspecified atom stereocenters. The van der Waals surface area contributed by atoms with Crippen LogP contribution in [0.2, 0.25) is 0 Å². The molecule has 0 heterocycles. The van der Waals surface area contributed by atoms with Gasteiger partial charge in [0.15, 0.2) is 0 Å². The monoisotopic (exact) mass is 425 g/mol. The fourth-order valence-corrected chi connectivity index (χ4v) is 6.50. The molecule has 152 valence electrons. The van der Waals surface area contributed by atoms with Crippen molar-refractivity contribution in [1.82, 2.24) is 0 Å². The van der Waals surface area contributed by atoms with Crippen molar-refractivity contribution in [3.63, 3.8) is 0 Å². The lowest BCUT2D eigenvalue weighted by Crippen LogP contribution is -2.29.